The van der Waals surface area contributed by atoms with E-state index >= 15 is 0 Å². The summed E-state index contributed by atoms with van der Waals surface area (Å²) in [7, 11) is 0. The largest absolute Gasteiger partial charge is 0.352 e. The maximum Gasteiger partial charge on any atom is 0.242 e. The van der Waals surface area contributed by atoms with Gasteiger partial charge in [0.25, 0.3) is 0 Å². The molecule has 2 atom stereocenters. The minimum atomic E-state index is -0.519. The summed E-state index contributed by atoms with van der Waals surface area (Å²) in [6, 6.07) is 15.8. The van der Waals surface area contributed by atoms with E-state index in [9.17, 15) is 9.59 Å². The molecule has 1 N–H and O–H groups in total. The van der Waals surface area contributed by atoms with Gasteiger partial charge in [-0.15, -0.1) is 0 Å². The Morgan fingerprint density at radius 2 is 1.66 bits per heavy atom. The number of carbonyl (C=O) groups excluding carboxylic acids is 2. The summed E-state index contributed by atoms with van der Waals surface area (Å²) in [6.07, 6.45) is 1.91. The molecule has 0 radical (unpaired) electrons. The molecule has 156 valence electrons. The molecule has 0 spiro atoms. The van der Waals surface area contributed by atoms with Crippen LogP contribution in [0.4, 0.5) is 0 Å². The highest BCUT2D eigenvalue weighted by Gasteiger charge is 2.26. The van der Waals surface area contributed by atoms with Gasteiger partial charge in [-0.25, -0.2) is 0 Å². The molecule has 2 aromatic rings. The van der Waals surface area contributed by atoms with Crippen molar-refractivity contribution >= 4 is 11.8 Å². The first kappa shape index (κ1) is 22.7. The summed E-state index contributed by atoms with van der Waals surface area (Å²) in [5.41, 5.74) is 4.53. The van der Waals surface area contributed by atoms with Gasteiger partial charge < -0.3 is 10.2 Å². The van der Waals surface area contributed by atoms with Crippen molar-refractivity contribution in [2.24, 2.45) is 0 Å². The van der Waals surface area contributed by atoms with E-state index in [0.717, 1.165) is 23.1 Å². The molecule has 0 aliphatic rings. The Bertz CT molecular complexity index is 814. The molecule has 2 aromatic carbocycles. The highest BCUT2D eigenvalue weighted by atomic mass is 16.2. The zero-order valence-corrected chi connectivity index (χ0v) is 18.4. The second-order valence-corrected chi connectivity index (χ2v) is 7.93. The Hall–Kier alpha value is -2.62. The third-order valence-corrected chi connectivity index (χ3v) is 5.52. The quantitative estimate of drug-likeness (QED) is 0.677. The van der Waals surface area contributed by atoms with E-state index in [4.69, 9.17) is 0 Å². The lowest BCUT2D eigenvalue weighted by Crippen LogP contribution is -2.49. The molecule has 4 nitrogen and oxygen atoms in total. The Labute approximate surface area is 175 Å². The van der Waals surface area contributed by atoms with Gasteiger partial charge in [0, 0.05) is 19.0 Å². The fourth-order valence-corrected chi connectivity index (χ4v) is 3.17. The maximum atomic E-state index is 13.1. The number of nitrogens with zero attached hydrogens (tertiary/aromatic N) is 1. The molecule has 0 saturated heterocycles. The van der Waals surface area contributed by atoms with Crippen LogP contribution in [0.2, 0.25) is 0 Å². The number of carbonyl (C=O) groups is 2. The fourth-order valence-electron chi connectivity index (χ4n) is 3.17. The molecule has 4 heteroatoms. The first-order valence-corrected chi connectivity index (χ1v) is 10.5. The van der Waals surface area contributed by atoms with Gasteiger partial charge in [0.15, 0.2) is 0 Å². The summed E-state index contributed by atoms with van der Waals surface area (Å²) in [4.78, 5) is 27.6. The van der Waals surface area contributed by atoms with Crippen LogP contribution < -0.4 is 5.32 Å². The fraction of sp³-hybridized carbons (Fsp3) is 0.440. The second kappa shape index (κ2) is 10.8. The van der Waals surface area contributed by atoms with Crippen LogP contribution in [0.3, 0.4) is 0 Å². The first-order valence-electron chi connectivity index (χ1n) is 10.5. The molecule has 0 saturated carbocycles. The third-order valence-electron chi connectivity index (χ3n) is 5.52. The molecular weight excluding hydrogens is 360 g/mol. The van der Waals surface area contributed by atoms with Gasteiger partial charge >= 0.3 is 0 Å². The van der Waals surface area contributed by atoms with Gasteiger partial charge in [-0.1, -0.05) is 61.0 Å². The Morgan fingerprint density at radius 1 is 1.00 bits per heavy atom. The van der Waals surface area contributed by atoms with Crippen molar-refractivity contribution in [1.29, 1.82) is 0 Å². The average Bonchev–Trinajstić information content (AvgIpc) is 2.71. The van der Waals surface area contributed by atoms with E-state index in [1.54, 1.807) is 4.90 Å². The normalized spacial score (nSPS) is 12.9. The van der Waals surface area contributed by atoms with Crippen molar-refractivity contribution in [3.05, 3.63) is 70.8 Å². The minimum absolute atomic E-state index is 0.000583. The zero-order valence-electron chi connectivity index (χ0n) is 18.4. The van der Waals surface area contributed by atoms with Gasteiger partial charge in [-0.3, -0.25) is 9.59 Å². The van der Waals surface area contributed by atoms with Crippen LogP contribution in [0.5, 0.6) is 0 Å². The number of aryl methyl sites for hydroxylation is 3. The molecule has 0 heterocycles. The van der Waals surface area contributed by atoms with Crippen molar-refractivity contribution in [2.45, 2.75) is 72.5 Å². The van der Waals surface area contributed by atoms with Crippen molar-refractivity contribution in [3.8, 4) is 0 Å². The van der Waals surface area contributed by atoms with Crippen LogP contribution in [0.15, 0.2) is 48.5 Å². The standard InChI is InChI=1S/C25H34N2O2/c1-6-20(4)26-25(29)21(5)27(17-23-10-8-7-9-19(23)3)24(28)16-15-22-13-11-18(2)12-14-22/h7-14,20-21H,6,15-17H2,1-5H3,(H,26,29)/t20-,21-/m1/s1. The number of amides is 2. The van der Waals surface area contributed by atoms with Gasteiger partial charge in [-0.2, -0.15) is 0 Å². The Kier molecular flexibility index (Phi) is 8.44. The minimum Gasteiger partial charge on any atom is -0.352 e. The van der Waals surface area contributed by atoms with Crippen LogP contribution in [0, 0.1) is 13.8 Å². The van der Waals surface area contributed by atoms with Gasteiger partial charge in [-0.05, 0) is 57.2 Å². The van der Waals surface area contributed by atoms with Gasteiger partial charge in [0.1, 0.15) is 6.04 Å². The Morgan fingerprint density at radius 3 is 2.28 bits per heavy atom. The predicted molar refractivity (Wildman–Crippen MR) is 119 cm³/mol. The monoisotopic (exact) mass is 394 g/mol. The lowest BCUT2D eigenvalue weighted by Gasteiger charge is -2.30. The number of hydrogen-bond donors (Lipinski definition) is 1. The summed E-state index contributed by atoms with van der Waals surface area (Å²) < 4.78 is 0. The van der Waals surface area contributed by atoms with Gasteiger partial charge in [0.05, 0.1) is 0 Å². The summed E-state index contributed by atoms with van der Waals surface area (Å²) >= 11 is 0. The molecule has 0 aliphatic heterocycles. The highest BCUT2D eigenvalue weighted by Crippen LogP contribution is 2.16. The Balaban J connectivity index is 2.15. The number of nitrogens with one attached hydrogen (secondary N) is 1. The molecule has 0 fully saturated rings. The average molecular weight is 395 g/mol. The maximum absolute atomic E-state index is 13.1. The smallest absolute Gasteiger partial charge is 0.242 e. The molecule has 0 unspecified atom stereocenters. The van der Waals surface area contributed by atoms with E-state index in [1.165, 1.54) is 5.56 Å². The molecule has 29 heavy (non-hydrogen) atoms. The van der Waals surface area contributed by atoms with Crippen molar-refractivity contribution < 1.29 is 9.59 Å². The van der Waals surface area contributed by atoms with Crippen LogP contribution >= 0.6 is 0 Å². The highest BCUT2D eigenvalue weighted by molar-refractivity contribution is 5.87. The van der Waals surface area contributed by atoms with Crippen LogP contribution in [-0.4, -0.2) is 28.8 Å². The number of rotatable bonds is 9. The zero-order chi connectivity index (χ0) is 21.4. The lowest BCUT2D eigenvalue weighted by molar-refractivity contribution is -0.140. The van der Waals surface area contributed by atoms with Gasteiger partial charge in [0.2, 0.25) is 11.8 Å². The molecule has 0 aliphatic carbocycles. The van der Waals surface area contributed by atoms with Crippen molar-refractivity contribution in [3.63, 3.8) is 0 Å². The second-order valence-electron chi connectivity index (χ2n) is 7.93. The van der Waals surface area contributed by atoms with Crippen molar-refractivity contribution in [1.82, 2.24) is 10.2 Å². The van der Waals surface area contributed by atoms with Crippen LogP contribution in [-0.2, 0) is 22.6 Å². The van der Waals surface area contributed by atoms with Crippen LogP contribution in [0.1, 0.15) is 55.9 Å². The van der Waals surface area contributed by atoms with Crippen LogP contribution in [0.25, 0.3) is 0 Å². The summed E-state index contributed by atoms with van der Waals surface area (Å²) in [6.45, 7) is 10.4. The lowest BCUT2D eigenvalue weighted by atomic mass is 10.0. The topological polar surface area (TPSA) is 49.4 Å². The SMILES string of the molecule is CC[C@@H](C)NC(=O)[C@@H](C)N(Cc1ccccc1C)C(=O)CCc1ccc(C)cc1. The number of hydrogen-bond acceptors (Lipinski definition) is 2. The van der Waals surface area contributed by atoms with Crippen molar-refractivity contribution in [2.75, 3.05) is 0 Å². The summed E-state index contributed by atoms with van der Waals surface area (Å²) in [5, 5.41) is 3.01. The molecule has 2 rings (SSSR count). The van der Waals surface area contributed by atoms with E-state index in [2.05, 4.69) is 36.5 Å². The first-order chi connectivity index (χ1) is 13.8. The predicted octanol–water partition coefficient (Wildman–Crippen LogP) is 4.57. The summed E-state index contributed by atoms with van der Waals surface area (Å²) in [5.74, 6) is -0.0998. The van der Waals surface area contributed by atoms with E-state index in [1.807, 2.05) is 52.0 Å². The number of benzene rings is 2. The third kappa shape index (κ3) is 6.74. The molecular formula is C25H34N2O2. The molecule has 0 bridgehead atoms. The van der Waals surface area contributed by atoms with E-state index in [-0.39, 0.29) is 17.9 Å². The molecule has 0 aromatic heterocycles. The molecule has 2 amide bonds. The van der Waals surface area contributed by atoms with E-state index in [0.29, 0.717) is 19.4 Å². The van der Waals surface area contributed by atoms with E-state index < -0.39 is 6.04 Å².